The quantitative estimate of drug-likeness (QED) is 0.553. The molecule has 0 heterocycles. The number of rotatable bonds is 8. The third-order valence-electron chi connectivity index (χ3n) is 2.94. The van der Waals surface area contributed by atoms with Gasteiger partial charge in [-0.05, 0) is 25.5 Å². The van der Waals surface area contributed by atoms with Crippen LogP contribution in [-0.2, 0) is 25.5 Å². The number of carbonyl (C=O) groups excluding carboxylic acids is 2. The van der Waals surface area contributed by atoms with Crippen molar-refractivity contribution in [1.82, 2.24) is 5.32 Å². The van der Waals surface area contributed by atoms with Crippen LogP contribution >= 0.6 is 0 Å². The molecule has 6 nitrogen and oxygen atoms in total. The van der Waals surface area contributed by atoms with Gasteiger partial charge in [0.05, 0.1) is 13.0 Å². The van der Waals surface area contributed by atoms with Crippen molar-refractivity contribution in [3.63, 3.8) is 0 Å². The minimum atomic E-state index is -1.34. The van der Waals surface area contributed by atoms with Gasteiger partial charge in [0.1, 0.15) is 17.7 Å². The molecule has 0 unspecified atom stereocenters. The number of esters is 1. The van der Waals surface area contributed by atoms with Gasteiger partial charge < -0.3 is 15.2 Å². The molecule has 1 amide bonds. The van der Waals surface area contributed by atoms with E-state index in [2.05, 4.69) is 10.1 Å². The van der Waals surface area contributed by atoms with Crippen LogP contribution in [0.4, 0.5) is 8.78 Å². The average molecular weight is 341 g/mol. The van der Waals surface area contributed by atoms with E-state index in [9.17, 15) is 23.2 Å². The molecule has 0 aromatic heterocycles. The number of carbonyl (C=O) groups is 3. The van der Waals surface area contributed by atoms with Gasteiger partial charge in [-0.25, -0.2) is 18.4 Å². The topological polar surface area (TPSA) is 92.7 Å². The van der Waals surface area contributed by atoms with Crippen molar-refractivity contribution in [2.75, 3.05) is 6.61 Å². The van der Waals surface area contributed by atoms with Crippen LogP contribution < -0.4 is 5.32 Å². The number of carboxylic acid groups (broad SMARTS) is 1. The van der Waals surface area contributed by atoms with E-state index in [1.165, 1.54) is 6.08 Å². The van der Waals surface area contributed by atoms with Crippen LogP contribution in [0.15, 0.2) is 30.4 Å². The predicted octanol–water partition coefficient (Wildman–Crippen LogP) is 1.59. The van der Waals surface area contributed by atoms with Crippen molar-refractivity contribution in [2.45, 2.75) is 25.8 Å². The van der Waals surface area contributed by atoms with Crippen LogP contribution in [0.2, 0.25) is 0 Å². The summed E-state index contributed by atoms with van der Waals surface area (Å²) < 4.78 is 31.6. The standard InChI is InChI=1S/C16H17F2NO5/c1-2-24-15(21)8-4-7-13(16(22)23)19-14(20)9-10-11(17)5-3-6-12(10)18/h3-6,8,13H,2,7,9H2,1H3,(H,19,20)(H,22,23)/b8-4+/t13-/m1/s1. The molecule has 1 rings (SSSR count). The zero-order valence-electron chi connectivity index (χ0n) is 12.9. The van der Waals surface area contributed by atoms with E-state index < -0.39 is 47.5 Å². The first-order valence-electron chi connectivity index (χ1n) is 7.13. The highest BCUT2D eigenvalue weighted by Crippen LogP contribution is 2.12. The number of aliphatic carboxylic acids is 1. The van der Waals surface area contributed by atoms with Gasteiger partial charge in [-0.3, -0.25) is 4.79 Å². The smallest absolute Gasteiger partial charge is 0.330 e. The number of nitrogens with one attached hydrogen (secondary N) is 1. The number of hydrogen-bond acceptors (Lipinski definition) is 4. The molecule has 0 spiro atoms. The van der Waals surface area contributed by atoms with Crippen molar-refractivity contribution >= 4 is 17.8 Å². The third-order valence-corrected chi connectivity index (χ3v) is 2.94. The minimum absolute atomic E-state index is 0.177. The van der Waals surface area contributed by atoms with Crippen LogP contribution in [0, 0.1) is 11.6 Å². The van der Waals surface area contributed by atoms with E-state index in [0.717, 1.165) is 24.3 Å². The highest BCUT2D eigenvalue weighted by Gasteiger charge is 2.20. The molecule has 1 aromatic carbocycles. The van der Waals surface area contributed by atoms with Crippen LogP contribution in [0.3, 0.4) is 0 Å². The zero-order chi connectivity index (χ0) is 18.1. The van der Waals surface area contributed by atoms with E-state index in [1.54, 1.807) is 6.92 Å². The highest BCUT2D eigenvalue weighted by molar-refractivity contribution is 5.85. The van der Waals surface area contributed by atoms with E-state index in [-0.39, 0.29) is 13.0 Å². The van der Waals surface area contributed by atoms with Gasteiger partial charge in [0.2, 0.25) is 5.91 Å². The Labute approximate surface area is 137 Å². The molecule has 0 radical (unpaired) electrons. The Balaban J connectivity index is 2.66. The van der Waals surface area contributed by atoms with Crippen molar-refractivity contribution < 1.29 is 33.0 Å². The van der Waals surface area contributed by atoms with Crippen molar-refractivity contribution in [2.24, 2.45) is 0 Å². The van der Waals surface area contributed by atoms with Gasteiger partial charge >= 0.3 is 11.9 Å². The van der Waals surface area contributed by atoms with Crippen LogP contribution in [-0.4, -0.2) is 35.6 Å². The second kappa shape index (κ2) is 9.39. The van der Waals surface area contributed by atoms with Crippen LogP contribution in [0.25, 0.3) is 0 Å². The normalized spacial score (nSPS) is 12.0. The molecule has 24 heavy (non-hydrogen) atoms. The second-order valence-electron chi connectivity index (χ2n) is 4.73. The second-order valence-corrected chi connectivity index (χ2v) is 4.73. The monoisotopic (exact) mass is 341 g/mol. The summed E-state index contributed by atoms with van der Waals surface area (Å²) in [7, 11) is 0. The lowest BCUT2D eigenvalue weighted by Gasteiger charge is -2.13. The Kier molecular flexibility index (Phi) is 7.54. The van der Waals surface area contributed by atoms with E-state index >= 15 is 0 Å². The van der Waals surface area contributed by atoms with Gasteiger partial charge in [-0.1, -0.05) is 12.1 Å². The summed E-state index contributed by atoms with van der Waals surface area (Å²) in [5.41, 5.74) is -0.443. The van der Waals surface area contributed by atoms with E-state index in [4.69, 9.17) is 5.11 Å². The van der Waals surface area contributed by atoms with Gasteiger partial charge in [0.15, 0.2) is 0 Å². The number of carboxylic acids is 1. The first kappa shape index (κ1) is 19.3. The van der Waals surface area contributed by atoms with E-state index in [0.29, 0.717) is 0 Å². The largest absolute Gasteiger partial charge is 0.480 e. The first-order valence-corrected chi connectivity index (χ1v) is 7.13. The molecular formula is C16H17F2NO5. The molecule has 0 aliphatic rings. The molecule has 1 aromatic rings. The van der Waals surface area contributed by atoms with Crippen molar-refractivity contribution in [3.05, 3.63) is 47.5 Å². The minimum Gasteiger partial charge on any atom is -0.480 e. The maximum Gasteiger partial charge on any atom is 0.330 e. The molecule has 0 saturated heterocycles. The van der Waals surface area contributed by atoms with E-state index in [1.807, 2.05) is 0 Å². The molecule has 1 atom stereocenters. The number of halogens is 2. The van der Waals surface area contributed by atoms with Gasteiger partial charge in [0.25, 0.3) is 0 Å². The fourth-order valence-corrected chi connectivity index (χ4v) is 1.82. The Morgan fingerprint density at radius 3 is 2.46 bits per heavy atom. The summed E-state index contributed by atoms with van der Waals surface area (Å²) in [6, 6.07) is 1.83. The summed E-state index contributed by atoms with van der Waals surface area (Å²) in [5.74, 6) is -4.61. The Bertz CT molecular complexity index is 625. The fraction of sp³-hybridized carbons (Fsp3) is 0.312. The summed E-state index contributed by atoms with van der Waals surface area (Å²) in [4.78, 5) is 34.0. The Hall–Kier alpha value is -2.77. The maximum absolute atomic E-state index is 13.5. The lowest BCUT2D eigenvalue weighted by Crippen LogP contribution is -2.41. The van der Waals surface area contributed by atoms with Crippen LogP contribution in [0.1, 0.15) is 18.9 Å². The highest BCUT2D eigenvalue weighted by atomic mass is 19.1. The van der Waals surface area contributed by atoms with Crippen molar-refractivity contribution in [1.29, 1.82) is 0 Å². The molecule has 8 heteroatoms. The summed E-state index contributed by atoms with van der Waals surface area (Å²) >= 11 is 0. The fourth-order valence-electron chi connectivity index (χ4n) is 1.82. The van der Waals surface area contributed by atoms with Crippen molar-refractivity contribution in [3.8, 4) is 0 Å². The molecular weight excluding hydrogens is 324 g/mol. The Morgan fingerprint density at radius 2 is 1.92 bits per heavy atom. The lowest BCUT2D eigenvalue weighted by atomic mass is 10.1. The maximum atomic E-state index is 13.5. The number of amides is 1. The third kappa shape index (κ3) is 6.15. The molecule has 0 aliphatic carbocycles. The predicted molar refractivity (Wildman–Crippen MR) is 80.0 cm³/mol. The summed E-state index contributed by atoms with van der Waals surface area (Å²) in [5, 5.41) is 11.2. The number of ether oxygens (including phenoxy) is 1. The average Bonchev–Trinajstić information content (AvgIpc) is 2.50. The molecule has 2 N–H and O–H groups in total. The number of benzene rings is 1. The summed E-state index contributed by atoms with van der Waals surface area (Å²) in [6.07, 6.45) is 1.46. The Morgan fingerprint density at radius 1 is 1.29 bits per heavy atom. The van der Waals surface area contributed by atoms with Gasteiger partial charge in [0, 0.05) is 11.6 Å². The SMILES string of the molecule is CCOC(=O)/C=C/C[C@@H](NC(=O)Cc1c(F)cccc1F)C(=O)O. The molecule has 0 aliphatic heterocycles. The van der Waals surface area contributed by atoms with Crippen LogP contribution in [0.5, 0.6) is 0 Å². The molecule has 0 saturated carbocycles. The van der Waals surface area contributed by atoms with Gasteiger partial charge in [-0.15, -0.1) is 0 Å². The molecule has 0 fully saturated rings. The zero-order valence-corrected chi connectivity index (χ0v) is 12.9. The molecule has 130 valence electrons. The molecule has 0 bridgehead atoms. The number of hydrogen-bond donors (Lipinski definition) is 2. The summed E-state index contributed by atoms with van der Waals surface area (Å²) in [6.45, 7) is 1.80. The lowest BCUT2D eigenvalue weighted by molar-refractivity contribution is -0.141. The van der Waals surface area contributed by atoms with Gasteiger partial charge in [-0.2, -0.15) is 0 Å². The first-order chi connectivity index (χ1) is 11.3.